The summed E-state index contributed by atoms with van der Waals surface area (Å²) < 4.78 is 0. The summed E-state index contributed by atoms with van der Waals surface area (Å²) in [5.41, 5.74) is 0.648. The molecule has 0 aliphatic carbocycles. The largest absolute Gasteiger partial charge is 0.481 e. The fourth-order valence-corrected chi connectivity index (χ4v) is 1.24. The highest BCUT2D eigenvalue weighted by Gasteiger charge is 2.13. The van der Waals surface area contributed by atoms with Gasteiger partial charge in [-0.3, -0.25) is 9.59 Å². The Balaban J connectivity index is 2.47. The number of carbonyl (C=O) groups excluding carboxylic acids is 1. The highest BCUT2D eigenvalue weighted by molar-refractivity contribution is 5.96. The minimum absolute atomic E-state index is 0.00343. The number of Topliss-reactive ketones (excluding diaryl/α,β-unsaturated/α-hetero) is 1. The molecule has 0 saturated carbocycles. The van der Waals surface area contributed by atoms with Crippen molar-refractivity contribution in [1.82, 2.24) is 0 Å². The van der Waals surface area contributed by atoms with E-state index in [1.54, 1.807) is 31.2 Å². The van der Waals surface area contributed by atoms with Gasteiger partial charge in [0.05, 0.1) is 5.92 Å². The Morgan fingerprint density at radius 3 is 2.40 bits per heavy atom. The van der Waals surface area contributed by atoms with Crippen LogP contribution in [0.15, 0.2) is 30.3 Å². The molecule has 1 unspecified atom stereocenters. The van der Waals surface area contributed by atoms with E-state index in [9.17, 15) is 9.59 Å². The van der Waals surface area contributed by atoms with Crippen LogP contribution in [0.3, 0.4) is 0 Å². The van der Waals surface area contributed by atoms with Crippen molar-refractivity contribution in [1.29, 1.82) is 0 Å². The Kier molecular flexibility index (Phi) is 4.03. The summed E-state index contributed by atoms with van der Waals surface area (Å²) in [7, 11) is 0. The van der Waals surface area contributed by atoms with Crippen LogP contribution in [0.2, 0.25) is 0 Å². The summed E-state index contributed by atoms with van der Waals surface area (Å²) in [6.45, 7) is 1.61. The van der Waals surface area contributed by atoms with E-state index in [0.29, 0.717) is 12.0 Å². The summed E-state index contributed by atoms with van der Waals surface area (Å²) in [5.74, 6) is -1.31. The van der Waals surface area contributed by atoms with Gasteiger partial charge in [-0.25, -0.2) is 0 Å². The Morgan fingerprint density at radius 2 is 1.87 bits per heavy atom. The predicted octanol–water partition coefficient (Wildman–Crippen LogP) is 2.37. The predicted molar refractivity (Wildman–Crippen MR) is 56.8 cm³/mol. The fourth-order valence-electron chi connectivity index (χ4n) is 1.24. The van der Waals surface area contributed by atoms with E-state index >= 15 is 0 Å². The van der Waals surface area contributed by atoms with E-state index in [2.05, 4.69) is 0 Å². The van der Waals surface area contributed by atoms with Crippen molar-refractivity contribution in [2.75, 3.05) is 0 Å². The van der Waals surface area contributed by atoms with E-state index in [1.807, 2.05) is 6.07 Å². The van der Waals surface area contributed by atoms with Crippen LogP contribution in [0, 0.1) is 5.92 Å². The van der Waals surface area contributed by atoms with Gasteiger partial charge in [-0.1, -0.05) is 37.3 Å². The van der Waals surface area contributed by atoms with Crippen molar-refractivity contribution in [3.05, 3.63) is 35.9 Å². The van der Waals surface area contributed by atoms with Crippen molar-refractivity contribution in [3.63, 3.8) is 0 Å². The quantitative estimate of drug-likeness (QED) is 0.752. The lowest BCUT2D eigenvalue weighted by atomic mass is 10.0. The molecule has 15 heavy (non-hydrogen) atoms. The summed E-state index contributed by atoms with van der Waals surface area (Å²) in [6, 6.07) is 8.93. The highest BCUT2D eigenvalue weighted by atomic mass is 16.4. The zero-order valence-electron chi connectivity index (χ0n) is 8.64. The van der Waals surface area contributed by atoms with E-state index < -0.39 is 11.9 Å². The van der Waals surface area contributed by atoms with Crippen LogP contribution in [-0.4, -0.2) is 16.9 Å². The second kappa shape index (κ2) is 5.29. The highest BCUT2D eigenvalue weighted by Crippen LogP contribution is 2.10. The molecule has 3 nitrogen and oxygen atoms in total. The first-order valence-corrected chi connectivity index (χ1v) is 4.92. The Bertz CT molecular complexity index is 343. The molecule has 0 fully saturated rings. The smallest absolute Gasteiger partial charge is 0.306 e. The van der Waals surface area contributed by atoms with Crippen molar-refractivity contribution < 1.29 is 14.7 Å². The van der Waals surface area contributed by atoms with Crippen molar-refractivity contribution in [3.8, 4) is 0 Å². The summed E-state index contributed by atoms with van der Waals surface area (Å²) >= 11 is 0. The van der Waals surface area contributed by atoms with E-state index in [1.165, 1.54) is 0 Å². The molecular weight excluding hydrogens is 192 g/mol. The Morgan fingerprint density at radius 1 is 1.27 bits per heavy atom. The van der Waals surface area contributed by atoms with Gasteiger partial charge in [0.15, 0.2) is 5.78 Å². The van der Waals surface area contributed by atoms with Gasteiger partial charge >= 0.3 is 5.97 Å². The molecule has 0 radical (unpaired) electrons. The second-order valence-electron chi connectivity index (χ2n) is 3.57. The average Bonchev–Trinajstić information content (AvgIpc) is 2.26. The van der Waals surface area contributed by atoms with Gasteiger partial charge in [0, 0.05) is 12.0 Å². The summed E-state index contributed by atoms with van der Waals surface area (Å²) in [4.78, 5) is 22.1. The van der Waals surface area contributed by atoms with Crippen LogP contribution in [0.4, 0.5) is 0 Å². The van der Waals surface area contributed by atoms with Crippen molar-refractivity contribution in [2.45, 2.75) is 19.8 Å². The number of carboxylic acid groups (broad SMARTS) is 1. The zero-order chi connectivity index (χ0) is 11.3. The Hall–Kier alpha value is -1.64. The molecule has 1 rings (SSSR count). The second-order valence-corrected chi connectivity index (χ2v) is 3.57. The molecule has 0 bridgehead atoms. The van der Waals surface area contributed by atoms with Crippen LogP contribution in [0.1, 0.15) is 30.1 Å². The molecule has 0 saturated heterocycles. The first-order chi connectivity index (χ1) is 7.11. The molecule has 0 aliphatic heterocycles. The van der Waals surface area contributed by atoms with Gasteiger partial charge in [-0.05, 0) is 6.42 Å². The van der Waals surface area contributed by atoms with Crippen molar-refractivity contribution >= 4 is 11.8 Å². The Labute approximate surface area is 88.7 Å². The molecule has 80 valence electrons. The van der Waals surface area contributed by atoms with Gasteiger partial charge in [-0.2, -0.15) is 0 Å². The van der Waals surface area contributed by atoms with Gasteiger partial charge < -0.3 is 5.11 Å². The summed E-state index contributed by atoms with van der Waals surface area (Å²) in [6.07, 6.45) is 0.681. The van der Waals surface area contributed by atoms with Crippen LogP contribution in [0.5, 0.6) is 0 Å². The number of ketones is 1. The minimum atomic E-state index is -0.851. The molecule has 1 aromatic rings. The topological polar surface area (TPSA) is 54.4 Å². The van der Waals surface area contributed by atoms with Gasteiger partial charge in [-0.15, -0.1) is 0 Å². The molecule has 0 heterocycles. The van der Waals surface area contributed by atoms with Crippen LogP contribution in [-0.2, 0) is 4.79 Å². The third kappa shape index (κ3) is 3.54. The SMILES string of the molecule is CC(CCC(=O)c1ccccc1)C(=O)O. The number of hydrogen-bond donors (Lipinski definition) is 1. The molecule has 1 aromatic carbocycles. The standard InChI is InChI=1S/C12H14O3/c1-9(12(14)15)7-8-11(13)10-5-3-2-4-6-10/h2-6,9H,7-8H2,1H3,(H,14,15). The maximum atomic E-state index is 11.6. The van der Waals surface area contributed by atoms with E-state index in [0.717, 1.165) is 0 Å². The monoisotopic (exact) mass is 206 g/mol. The van der Waals surface area contributed by atoms with Crippen LogP contribution >= 0.6 is 0 Å². The molecular formula is C12H14O3. The fraction of sp³-hybridized carbons (Fsp3) is 0.333. The number of carbonyl (C=O) groups is 2. The average molecular weight is 206 g/mol. The first-order valence-electron chi connectivity index (χ1n) is 4.92. The number of benzene rings is 1. The number of carboxylic acids is 1. The molecule has 1 N–H and O–H groups in total. The normalized spacial score (nSPS) is 12.1. The third-order valence-electron chi connectivity index (χ3n) is 2.32. The minimum Gasteiger partial charge on any atom is -0.481 e. The lowest BCUT2D eigenvalue weighted by Gasteiger charge is -2.04. The lowest BCUT2D eigenvalue weighted by molar-refractivity contribution is -0.141. The molecule has 1 atom stereocenters. The number of hydrogen-bond acceptors (Lipinski definition) is 2. The van der Waals surface area contributed by atoms with Crippen LogP contribution in [0.25, 0.3) is 0 Å². The third-order valence-corrected chi connectivity index (χ3v) is 2.32. The van der Waals surface area contributed by atoms with Crippen molar-refractivity contribution in [2.24, 2.45) is 5.92 Å². The van der Waals surface area contributed by atoms with Gasteiger partial charge in [0.25, 0.3) is 0 Å². The lowest BCUT2D eigenvalue weighted by Crippen LogP contribution is -2.11. The molecule has 3 heteroatoms. The van der Waals surface area contributed by atoms with E-state index in [-0.39, 0.29) is 12.2 Å². The summed E-state index contributed by atoms with van der Waals surface area (Å²) in [5, 5.41) is 8.65. The molecule has 0 aliphatic rings. The maximum absolute atomic E-state index is 11.6. The maximum Gasteiger partial charge on any atom is 0.306 e. The van der Waals surface area contributed by atoms with E-state index in [4.69, 9.17) is 5.11 Å². The number of aliphatic carboxylic acids is 1. The molecule has 0 spiro atoms. The van der Waals surface area contributed by atoms with Gasteiger partial charge in [0.2, 0.25) is 0 Å². The zero-order valence-corrected chi connectivity index (χ0v) is 8.64. The number of rotatable bonds is 5. The molecule has 0 aromatic heterocycles. The first kappa shape index (κ1) is 11.4. The molecule has 0 amide bonds. The van der Waals surface area contributed by atoms with Gasteiger partial charge in [0.1, 0.15) is 0 Å². The van der Waals surface area contributed by atoms with Crippen LogP contribution < -0.4 is 0 Å².